The number of ketones is 1. The highest BCUT2D eigenvalue weighted by molar-refractivity contribution is 5.75. The van der Waals surface area contributed by atoms with Gasteiger partial charge in [0.1, 0.15) is 5.78 Å². The fraction of sp³-hybridized carbons (Fsp3) is 0.727. The van der Waals surface area contributed by atoms with Crippen LogP contribution in [0.15, 0.2) is 12.7 Å². The fourth-order valence-corrected chi connectivity index (χ4v) is 1.28. The van der Waals surface area contributed by atoms with Crippen LogP contribution in [0.2, 0.25) is 0 Å². The summed E-state index contributed by atoms with van der Waals surface area (Å²) in [6.45, 7) is 5.27. The van der Waals surface area contributed by atoms with Crippen molar-refractivity contribution in [2.24, 2.45) is 0 Å². The first-order chi connectivity index (χ1) is 6.20. The maximum atomic E-state index is 10.8. The molecule has 0 heterocycles. The van der Waals surface area contributed by atoms with Gasteiger partial charge in [0, 0.05) is 13.5 Å². The third-order valence-corrected chi connectivity index (χ3v) is 2.03. The Morgan fingerprint density at radius 1 is 1.54 bits per heavy atom. The molecule has 13 heavy (non-hydrogen) atoms. The Morgan fingerprint density at radius 2 is 2.23 bits per heavy atom. The molecule has 0 aliphatic rings. The summed E-state index contributed by atoms with van der Waals surface area (Å²) in [7, 11) is 1.67. The molecule has 1 unspecified atom stereocenters. The molecular weight excluding hydrogens is 164 g/mol. The summed E-state index contributed by atoms with van der Waals surface area (Å²) in [6.07, 6.45) is 6.86. The Kier molecular flexibility index (Phi) is 7.60. The number of unbranched alkanes of at least 4 members (excludes halogenated alkanes) is 2. The standard InChI is InChI=1S/C11H20O2/c1-4-5-6-7-8-11(13-3)9-10(2)12/h4,11H,1,5-9H2,2-3H3. The van der Waals surface area contributed by atoms with Gasteiger partial charge in [-0.05, 0) is 26.2 Å². The van der Waals surface area contributed by atoms with Gasteiger partial charge in [0.15, 0.2) is 0 Å². The van der Waals surface area contributed by atoms with Crippen LogP contribution in [0, 0.1) is 0 Å². The second-order valence-electron chi connectivity index (χ2n) is 3.34. The number of hydrogen-bond donors (Lipinski definition) is 0. The molecule has 0 saturated heterocycles. The smallest absolute Gasteiger partial charge is 0.132 e. The molecule has 1 atom stereocenters. The van der Waals surface area contributed by atoms with Crippen LogP contribution < -0.4 is 0 Å². The van der Waals surface area contributed by atoms with E-state index in [9.17, 15) is 4.79 Å². The van der Waals surface area contributed by atoms with E-state index in [2.05, 4.69) is 6.58 Å². The molecule has 0 aromatic carbocycles. The summed E-state index contributed by atoms with van der Waals surface area (Å²) in [4.78, 5) is 10.8. The molecule has 0 bridgehead atoms. The molecule has 0 fully saturated rings. The summed E-state index contributed by atoms with van der Waals surface area (Å²) in [5.41, 5.74) is 0. The number of methoxy groups -OCH3 is 1. The van der Waals surface area contributed by atoms with Crippen molar-refractivity contribution in [2.45, 2.75) is 45.1 Å². The van der Waals surface area contributed by atoms with E-state index >= 15 is 0 Å². The quantitative estimate of drug-likeness (QED) is 0.428. The van der Waals surface area contributed by atoms with Crippen molar-refractivity contribution in [3.05, 3.63) is 12.7 Å². The topological polar surface area (TPSA) is 26.3 Å². The minimum absolute atomic E-state index is 0.113. The SMILES string of the molecule is C=CCCCCC(CC(C)=O)OC. The molecular formula is C11H20O2. The second kappa shape index (κ2) is 7.99. The number of carbonyl (C=O) groups excluding carboxylic acids is 1. The highest BCUT2D eigenvalue weighted by Crippen LogP contribution is 2.09. The maximum Gasteiger partial charge on any atom is 0.132 e. The van der Waals surface area contributed by atoms with Crippen LogP contribution in [0.3, 0.4) is 0 Å². The predicted molar refractivity (Wildman–Crippen MR) is 54.8 cm³/mol. The number of Topliss-reactive ketones (excluding diaryl/α,β-unsaturated/α-hetero) is 1. The summed E-state index contributed by atoms with van der Waals surface area (Å²) < 4.78 is 5.19. The van der Waals surface area contributed by atoms with E-state index in [0.717, 1.165) is 25.7 Å². The van der Waals surface area contributed by atoms with E-state index in [1.807, 2.05) is 6.08 Å². The molecule has 0 aromatic rings. The van der Waals surface area contributed by atoms with Gasteiger partial charge in [0.05, 0.1) is 6.10 Å². The van der Waals surface area contributed by atoms with E-state index in [0.29, 0.717) is 6.42 Å². The van der Waals surface area contributed by atoms with Crippen molar-refractivity contribution in [3.63, 3.8) is 0 Å². The maximum absolute atomic E-state index is 10.8. The molecule has 0 radical (unpaired) electrons. The Hall–Kier alpha value is -0.630. The zero-order chi connectivity index (χ0) is 10.1. The zero-order valence-electron chi connectivity index (χ0n) is 8.71. The average molecular weight is 184 g/mol. The number of hydrogen-bond acceptors (Lipinski definition) is 2. The molecule has 0 spiro atoms. The van der Waals surface area contributed by atoms with Crippen molar-refractivity contribution in [1.82, 2.24) is 0 Å². The van der Waals surface area contributed by atoms with Crippen molar-refractivity contribution in [1.29, 1.82) is 0 Å². The van der Waals surface area contributed by atoms with Crippen LogP contribution in [-0.4, -0.2) is 19.0 Å². The molecule has 0 aliphatic heterocycles. The minimum atomic E-state index is 0.113. The molecule has 2 nitrogen and oxygen atoms in total. The third kappa shape index (κ3) is 7.72. The van der Waals surface area contributed by atoms with Gasteiger partial charge >= 0.3 is 0 Å². The van der Waals surface area contributed by atoms with Gasteiger partial charge in [-0.25, -0.2) is 0 Å². The van der Waals surface area contributed by atoms with E-state index in [1.54, 1.807) is 14.0 Å². The van der Waals surface area contributed by atoms with Crippen LogP contribution in [0.4, 0.5) is 0 Å². The normalized spacial score (nSPS) is 12.5. The predicted octanol–water partition coefficient (Wildman–Crippen LogP) is 2.73. The molecule has 0 aliphatic carbocycles. The van der Waals surface area contributed by atoms with Gasteiger partial charge in [-0.3, -0.25) is 4.79 Å². The Labute approximate surface area is 81.0 Å². The van der Waals surface area contributed by atoms with E-state index in [-0.39, 0.29) is 11.9 Å². The van der Waals surface area contributed by atoms with E-state index < -0.39 is 0 Å². The van der Waals surface area contributed by atoms with Crippen molar-refractivity contribution >= 4 is 5.78 Å². The van der Waals surface area contributed by atoms with Crippen molar-refractivity contribution < 1.29 is 9.53 Å². The van der Waals surface area contributed by atoms with Crippen LogP contribution in [0.25, 0.3) is 0 Å². The second-order valence-corrected chi connectivity index (χ2v) is 3.34. The lowest BCUT2D eigenvalue weighted by Crippen LogP contribution is -2.14. The number of rotatable bonds is 8. The third-order valence-electron chi connectivity index (χ3n) is 2.03. The lowest BCUT2D eigenvalue weighted by atomic mass is 10.1. The molecule has 76 valence electrons. The average Bonchev–Trinajstić information content (AvgIpc) is 2.09. The summed E-state index contributed by atoms with van der Waals surface area (Å²) in [5.74, 6) is 0.204. The highest BCUT2D eigenvalue weighted by atomic mass is 16.5. The van der Waals surface area contributed by atoms with Crippen LogP contribution in [0.1, 0.15) is 39.0 Å². The van der Waals surface area contributed by atoms with Crippen LogP contribution >= 0.6 is 0 Å². The van der Waals surface area contributed by atoms with Gasteiger partial charge in [-0.15, -0.1) is 6.58 Å². The van der Waals surface area contributed by atoms with E-state index in [1.165, 1.54) is 0 Å². The van der Waals surface area contributed by atoms with Crippen LogP contribution in [-0.2, 0) is 9.53 Å². The number of ether oxygens (including phenoxy) is 1. The van der Waals surface area contributed by atoms with E-state index in [4.69, 9.17) is 4.74 Å². The molecule has 0 aromatic heterocycles. The summed E-state index contributed by atoms with van der Waals surface area (Å²) >= 11 is 0. The lowest BCUT2D eigenvalue weighted by Gasteiger charge is -2.12. The number of carbonyl (C=O) groups is 1. The molecule has 0 rings (SSSR count). The molecule has 0 amide bonds. The van der Waals surface area contributed by atoms with Gasteiger partial charge in [0.2, 0.25) is 0 Å². The number of allylic oxidation sites excluding steroid dienone is 1. The van der Waals surface area contributed by atoms with Crippen LogP contribution in [0.5, 0.6) is 0 Å². The van der Waals surface area contributed by atoms with Crippen molar-refractivity contribution in [2.75, 3.05) is 7.11 Å². The minimum Gasteiger partial charge on any atom is -0.381 e. The lowest BCUT2D eigenvalue weighted by molar-refractivity contribution is -0.119. The van der Waals surface area contributed by atoms with Gasteiger partial charge in [0.25, 0.3) is 0 Å². The fourth-order valence-electron chi connectivity index (χ4n) is 1.28. The zero-order valence-corrected chi connectivity index (χ0v) is 8.71. The first kappa shape index (κ1) is 12.4. The van der Waals surface area contributed by atoms with Gasteiger partial charge in [-0.2, -0.15) is 0 Å². The Bertz CT molecular complexity index is 152. The van der Waals surface area contributed by atoms with Gasteiger partial charge in [-0.1, -0.05) is 12.5 Å². The Balaban J connectivity index is 3.47. The molecule has 2 heteroatoms. The first-order valence-corrected chi connectivity index (χ1v) is 4.83. The summed E-state index contributed by atoms with van der Waals surface area (Å²) in [5, 5.41) is 0. The molecule has 0 saturated carbocycles. The largest absolute Gasteiger partial charge is 0.381 e. The monoisotopic (exact) mass is 184 g/mol. The Morgan fingerprint density at radius 3 is 2.69 bits per heavy atom. The van der Waals surface area contributed by atoms with Crippen molar-refractivity contribution in [3.8, 4) is 0 Å². The molecule has 0 N–H and O–H groups in total. The summed E-state index contributed by atoms with van der Waals surface area (Å²) in [6, 6.07) is 0. The first-order valence-electron chi connectivity index (χ1n) is 4.83. The highest BCUT2D eigenvalue weighted by Gasteiger charge is 2.08. The van der Waals surface area contributed by atoms with Gasteiger partial charge < -0.3 is 4.74 Å².